The molecule has 11 rings (SSSR count). The van der Waals surface area contributed by atoms with Crippen molar-refractivity contribution < 1.29 is 0 Å². The number of thiophene rings is 1. The van der Waals surface area contributed by atoms with Crippen LogP contribution in [0.5, 0.6) is 0 Å². The van der Waals surface area contributed by atoms with Crippen LogP contribution < -0.4 is 0 Å². The van der Waals surface area contributed by atoms with Gasteiger partial charge in [-0.25, -0.2) is 4.98 Å². The van der Waals surface area contributed by atoms with E-state index in [4.69, 9.17) is 4.98 Å². The fraction of sp³-hybridized carbons (Fsp3) is 0. The average Bonchev–Trinajstić information content (AvgIpc) is 3.85. The molecule has 11 aromatic rings. The molecule has 0 saturated heterocycles. The van der Waals surface area contributed by atoms with Gasteiger partial charge in [0.25, 0.3) is 0 Å². The predicted molar refractivity (Wildman–Crippen MR) is 208 cm³/mol. The van der Waals surface area contributed by atoms with E-state index in [1.54, 1.807) is 0 Å². The van der Waals surface area contributed by atoms with E-state index in [9.17, 15) is 0 Å². The molecule has 4 heteroatoms. The van der Waals surface area contributed by atoms with Gasteiger partial charge < -0.3 is 4.57 Å². The Hall–Kier alpha value is -6.23. The molecule has 0 saturated carbocycles. The van der Waals surface area contributed by atoms with E-state index in [1.807, 2.05) is 11.3 Å². The van der Waals surface area contributed by atoms with Crippen molar-refractivity contribution in [3.63, 3.8) is 0 Å². The fourth-order valence-corrected chi connectivity index (χ4v) is 9.05. The van der Waals surface area contributed by atoms with Crippen LogP contribution >= 0.6 is 11.3 Å². The Balaban J connectivity index is 1.06. The molecule has 4 aromatic heterocycles. The molecule has 0 spiro atoms. The maximum absolute atomic E-state index is 5.21. The van der Waals surface area contributed by atoms with E-state index in [0.29, 0.717) is 0 Å². The fourth-order valence-electron chi connectivity index (χ4n) is 7.87. The van der Waals surface area contributed by atoms with E-state index < -0.39 is 0 Å². The number of pyridine rings is 1. The molecule has 0 N–H and O–H groups in total. The standard InChI is InChI=1S/C45H27N3S/c1-2-10-33-30(9-1)23-26-42-43(33)36-27-41(48-40-16-8-5-13-37(40)46-45(48)44(36)49-42)31-19-17-28(18-20-31)29-21-24-32(25-22-29)47-38-14-6-3-11-34(38)35-12-4-7-15-39(35)47/h1-27H. The number of para-hydroxylation sites is 4. The lowest BCUT2D eigenvalue weighted by molar-refractivity contribution is 1.18. The zero-order valence-electron chi connectivity index (χ0n) is 26.3. The number of rotatable bonds is 3. The van der Waals surface area contributed by atoms with Crippen molar-refractivity contribution in [2.24, 2.45) is 0 Å². The van der Waals surface area contributed by atoms with Gasteiger partial charge in [-0.1, -0.05) is 115 Å². The summed E-state index contributed by atoms with van der Waals surface area (Å²) in [4.78, 5) is 5.21. The van der Waals surface area contributed by atoms with Crippen LogP contribution in [-0.4, -0.2) is 14.0 Å². The molecule has 0 amide bonds. The summed E-state index contributed by atoms with van der Waals surface area (Å²) >= 11 is 1.84. The van der Waals surface area contributed by atoms with Crippen LogP contribution in [0.4, 0.5) is 0 Å². The highest BCUT2D eigenvalue weighted by Gasteiger charge is 2.19. The number of hydrogen-bond acceptors (Lipinski definition) is 2. The molecule has 7 aromatic carbocycles. The lowest BCUT2D eigenvalue weighted by atomic mass is 10.0. The number of benzene rings is 7. The Morgan fingerprint density at radius 1 is 0.469 bits per heavy atom. The molecule has 0 bridgehead atoms. The van der Waals surface area contributed by atoms with Gasteiger partial charge in [0.2, 0.25) is 0 Å². The number of aromatic nitrogens is 3. The van der Waals surface area contributed by atoms with E-state index in [2.05, 4.69) is 173 Å². The van der Waals surface area contributed by atoms with Gasteiger partial charge in [0.15, 0.2) is 5.65 Å². The first kappa shape index (κ1) is 26.8. The van der Waals surface area contributed by atoms with Crippen LogP contribution in [-0.2, 0) is 0 Å². The van der Waals surface area contributed by atoms with Crippen molar-refractivity contribution in [1.29, 1.82) is 0 Å². The molecule has 0 aliphatic carbocycles. The Kier molecular flexibility index (Phi) is 5.54. The van der Waals surface area contributed by atoms with Crippen molar-refractivity contribution in [3.05, 3.63) is 164 Å². The summed E-state index contributed by atoms with van der Waals surface area (Å²) in [6.07, 6.45) is 0. The second-order valence-corrected chi connectivity index (χ2v) is 13.8. The Morgan fingerprint density at radius 3 is 1.80 bits per heavy atom. The molecule has 228 valence electrons. The molecule has 49 heavy (non-hydrogen) atoms. The van der Waals surface area contributed by atoms with Crippen molar-refractivity contribution in [2.45, 2.75) is 0 Å². The quantitative estimate of drug-likeness (QED) is 0.188. The lowest BCUT2D eigenvalue weighted by Crippen LogP contribution is -1.94. The Bertz CT molecular complexity index is 3030. The molecule has 3 nitrogen and oxygen atoms in total. The zero-order valence-corrected chi connectivity index (χ0v) is 27.2. The van der Waals surface area contributed by atoms with Gasteiger partial charge in [-0.05, 0) is 76.0 Å². The van der Waals surface area contributed by atoms with Gasteiger partial charge in [-0.3, -0.25) is 4.40 Å². The summed E-state index contributed by atoms with van der Waals surface area (Å²) in [5, 5.41) is 7.68. The molecule has 0 aliphatic rings. The van der Waals surface area contributed by atoms with Crippen LogP contribution in [0.2, 0.25) is 0 Å². The monoisotopic (exact) mass is 641 g/mol. The highest BCUT2D eigenvalue weighted by molar-refractivity contribution is 7.26. The third-order valence-electron chi connectivity index (χ3n) is 10.1. The largest absolute Gasteiger partial charge is 0.309 e. The lowest BCUT2D eigenvalue weighted by Gasteiger charge is -2.11. The maximum Gasteiger partial charge on any atom is 0.156 e. The van der Waals surface area contributed by atoms with Crippen molar-refractivity contribution in [1.82, 2.24) is 14.0 Å². The minimum atomic E-state index is 1.01. The molecular formula is C45H27N3S. The summed E-state index contributed by atoms with van der Waals surface area (Å²) in [6, 6.07) is 59.4. The van der Waals surface area contributed by atoms with Gasteiger partial charge in [-0.15, -0.1) is 11.3 Å². The smallest absolute Gasteiger partial charge is 0.156 e. The normalized spacial score (nSPS) is 12.1. The van der Waals surface area contributed by atoms with E-state index in [1.165, 1.54) is 69.4 Å². The van der Waals surface area contributed by atoms with Crippen LogP contribution in [0.3, 0.4) is 0 Å². The first-order valence-electron chi connectivity index (χ1n) is 16.6. The van der Waals surface area contributed by atoms with Gasteiger partial charge >= 0.3 is 0 Å². The zero-order chi connectivity index (χ0) is 32.1. The van der Waals surface area contributed by atoms with Crippen molar-refractivity contribution in [2.75, 3.05) is 0 Å². The highest BCUT2D eigenvalue weighted by Crippen LogP contribution is 2.43. The minimum Gasteiger partial charge on any atom is -0.309 e. The number of hydrogen-bond donors (Lipinski definition) is 0. The molecule has 0 radical (unpaired) electrons. The van der Waals surface area contributed by atoms with Crippen LogP contribution in [0, 0.1) is 0 Å². The number of nitrogens with zero attached hydrogens (tertiary/aromatic N) is 3. The molecule has 4 heterocycles. The maximum atomic E-state index is 5.21. The Labute approximate surface area is 285 Å². The number of fused-ring (bicyclic) bond motifs is 12. The predicted octanol–water partition coefficient (Wildman–Crippen LogP) is 12.4. The van der Waals surface area contributed by atoms with Crippen molar-refractivity contribution in [3.8, 4) is 28.1 Å². The van der Waals surface area contributed by atoms with Gasteiger partial charge in [-0.2, -0.15) is 0 Å². The molecule has 0 fully saturated rings. The summed E-state index contributed by atoms with van der Waals surface area (Å²) < 4.78 is 7.24. The van der Waals surface area contributed by atoms with E-state index >= 15 is 0 Å². The molecule has 0 aliphatic heterocycles. The third-order valence-corrected chi connectivity index (χ3v) is 11.3. The SMILES string of the molecule is c1ccc2c(c1)ccc1sc3c(cc(-c4ccc(-c5ccc(-n6c7ccccc7c7ccccc76)cc5)cc4)n4c5ccccc5nc34)c12. The molecular weight excluding hydrogens is 615 g/mol. The van der Waals surface area contributed by atoms with Gasteiger partial charge in [0.1, 0.15) is 0 Å². The van der Waals surface area contributed by atoms with E-state index in [-0.39, 0.29) is 0 Å². The highest BCUT2D eigenvalue weighted by atomic mass is 32.1. The number of imidazole rings is 1. The average molecular weight is 642 g/mol. The molecule has 0 atom stereocenters. The topological polar surface area (TPSA) is 22.2 Å². The van der Waals surface area contributed by atoms with Crippen LogP contribution in [0.25, 0.3) is 97.5 Å². The van der Waals surface area contributed by atoms with Crippen LogP contribution in [0.1, 0.15) is 0 Å². The van der Waals surface area contributed by atoms with E-state index in [0.717, 1.165) is 28.1 Å². The third kappa shape index (κ3) is 3.86. The first-order chi connectivity index (χ1) is 24.3. The second kappa shape index (κ2) is 10.1. The minimum absolute atomic E-state index is 1.01. The molecule has 0 unspecified atom stereocenters. The van der Waals surface area contributed by atoms with Crippen LogP contribution in [0.15, 0.2) is 164 Å². The second-order valence-electron chi connectivity index (χ2n) is 12.8. The van der Waals surface area contributed by atoms with Crippen molar-refractivity contribution >= 4 is 80.8 Å². The summed E-state index contributed by atoms with van der Waals surface area (Å²) in [6.45, 7) is 0. The van der Waals surface area contributed by atoms with Gasteiger partial charge in [0.05, 0.1) is 32.5 Å². The summed E-state index contributed by atoms with van der Waals surface area (Å²) in [5.41, 5.74) is 11.5. The summed E-state index contributed by atoms with van der Waals surface area (Å²) in [5.74, 6) is 0. The van der Waals surface area contributed by atoms with Gasteiger partial charge in [0, 0.05) is 31.9 Å². The summed E-state index contributed by atoms with van der Waals surface area (Å²) in [7, 11) is 0. The Morgan fingerprint density at radius 2 is 1.06 bits per heavy atom. The first-order valence-corrected chi connectivity index (χ1v) is 17.5.